The highest BCUT2D eigenvalue weighted by atomic mass is 16.5. The van der Waals surface area contributed by atoms with E-state index < -0.39 is 6.10 Å². The Labute approximate surface area is 164 Å². The SMILES string of the molecule is CCOC(=O)c1ccc(NC(=O)[C@@H](C)Oc2ccc3ccccc3c2)c(C)c1. The molecule has 144 valence electrons. The molecular weight excluding hydrogens is 354 g/mol. The summed E-state index contributed by atoms with van der Waals surface area (Å²) in [5, 5.41) is 5.02. The van der Waals surface area contributed by atoms with Crippen molar-refractivity contribution in [3.63, 3.8) is 0 Å². The summed E-state index contributed by atoms with van der Waals surface area (Å²) in [5.41, 5.74) is 1.86. The van der Waals surface area contributed by atoms with E-state index in [1.807, 2.05) is 49.4 Å². The van der Waals surface area contributed by atoms with Crippen LogP contribution in [0.15, 0.2) is 60.7 Å². The first-order valence-corrected chi connectivity index (χ1v) is 9.22. The number of nitrogens with one attached hydrogen (secondary N) is 1. The minimum atomic E-state index is -0.676. The summed E-state index contributed by atoms with van der Waals surface area (Å²) in [7, 11) is 0. The van der Waals surface area contributed by atoms with Gasteiger partial charge in [-0.25, -0.2) is 4.79 Å². The topological polar surface area (TPSA) is 64.6 Å². The normalized spacial score (nSPS) is 11.7. The molecule has 0 heterocycles. The van der Waals surface area contributed by atoms with E-state index in [1.165, 1.54) is 0 Å². The first-order valence-electron chi connectivity index (χ1n) is 9.22. The molecule has 1 atom stereocenters. The minimum absolute atomic E-state index is 0.264. The summed E-state index contributed by atoms with van der Waals surface area (Å²) in [4.78, 5) is 24.3. The van der Waals surface area contributed by atoms with Crippen LogP contribution in [-0.2, 0) is 9.53 Å². The lowest BCUT2D eigenvalue weighted by atomic mass is 10.1. The van der Waals surface area contributed by atoms with Gasteiger partial charge in [0, 0.05) is 5.69 Å². The Morgan fingerprint density at radius 3 is 2.46 bits per heavy atom. The summed E-state index contributed by atoms with van der Waals surface area (Å²) in [6.07, 6.45) is -0.676. The molecule has 1 amide bonds. The van der Waals surface area contributed by atoms with E-state index in [9.17, 15) is 9.59 Å². The highest BCUT2D eigenvalue weighted by Gasteiger charge is 2.17. The third-order valence-electron chi connectivity index (χ3n) is 4.40. The number of carbonyl (C=O) groups excluding carboxylic acids is 2. The Morgan fingerprint density at radius 2 is 1.75 bits per heavy atom. The number of aryl methyl sites for hydroxylation is 1. The van der Waals surface area contributed by atoms with Crippen molar-refractivity contribution < 1.29 is 19.1 Å². The van der Waals surface area contributed by atoms with Crippen LogP contribution in [0.4, 0.5) is 5.69 Å². The molecule has 0 bridgehead atoms. The number of ether oxygens (including phenoxy) is 2. The van der Waals surface area contributed by atoms with Crippen LogP contribution in [0.2, 0.25) is 0 Å². The first-order chi connectivity index (χ1) is 13.5. The number of rotatable bonds is 6. The molecule has 1 N–H and O–H groups in total. The number of anilines is 1. The highest BCUT2D eigenvalue weighted by molar-refractivity contribution is 5.96. The predicted molar refractivity (Wildman–Crippen MR) is 110 cm³/mol. The molecule has 0 aliphatic rings. The Morgan fingerprint density at radius 1 is 1.00 bits per heavy atom. The maximum atomic E-state index is 12.5. The fourth-order valence-corrected chi connectivity index (χ4v) is 2.88. The van der Waals surface area contributed by atoms with Gasteiger partial charge in [-0.2, -0.15) is 0 Å². The van der Waals surface area contributed by atoms with Gasteiger partial charge in [-0.15, -0.1) is 0 Å². The van der Waals surface area contributed by atoms with Crippen LogP contribution in [0.5, 0.6) is 5.75 Å². The van der Waals surface area contributed by atoms with Crippen LogP contribution >= 0.6 is 0 Å². The Hall–Kier alpha value is -3.34. The summed E-state index contributed by atoms with van der Waals surface area (Å²) in [6, 6.07) is 18.7. The van der Waals surface area contributed by atoms with E-state index >= 15 is 0 Å². The lowest BCUT2D eigenvalue weighted by Gasteiger charge is -2.16. The zero-order valence-electron chi connectivity index (χ0n) is 16.2. The van der Waals surface area contributed by atoms with Crippen LogP contribution in [0.25, 0.3) is 10.8 Å². The van der Waals surface area contributed by atoms with Crippen LogP contribution in [-0.4, -0.2) is 24.6 Å². The van der Waals surface area contributed by atoms with Crippen LogP contribution in [0, 0.1) is 6.92 Å². The fraction of sp³-hybridized carbons (Fsp3) is 0.217. The van der Waals surface area contributed by atoms with E-state index in [0.29, 0.717) is 23.6 Å². The molecule has 0 unspecified atom stereocenters. The second-order valence-corrected chi connectivity index (χ2v) is 6.51. The van der Waals surface area contributed by atoms with E-state index in [0.717, 1.165) is 16.3 Å². The second-order valence-electron chi connectivity index (χ2n) is 6.51. The maximum Gasteiger partial charge on any atom is 0.338 e. The average Bonchev–Trinajstić information content (AvgIpc) is 2.69. The number of hydrogen-bond donors (Lipinski definition) is 1. The third kappa shape index (κ3) is 4.49. The van der Waals surface area contributed by atoms with Gasteiger partial charge in [0.15, 0.2) is 6.10 Å². The summed E-state index contributed by atoms with van der Waals surface area (Å²) < 4.78 is 10.8. The van der Waals surface area contributed by atoms with Crippen LogP contribution in [0.3, 0.4) is 0 Å². The van der Waals surface area contributed by atoms with Crippen molar-refractivity contribution in [3.8, 4) is 5.75 Å². The molecule has 5 nitrogen and oxygen atoms in total. The molecule has 0 saturated carbocycles. The van der Waals surface area contributed by atoms with Crippen molar-refractivity contribution in [2.45, 2.75) is 26.9 Å². The fourth-order valence-electron chi connectivity index (χ4n) is 2.88. The number of benzene rings is 3. The number of hydrogen-bond acceptors (Lipinski definition) is 4. The highest BCUT2D eigenvalue weighted by Crippen LogP contribution is 2.22. The Balaban J connectivity index is 1.67. The van der Waals surface area contributed by atoms with E-state index in [4.69, 9.17) is 9.47 Å². The van der Waals surface area contributed by atoms with Gasteiger partial charge < -0.3 is 14.8 Å². The van der Waals surface area contributed by atoms with Gasteiger partial charge >= 0.3 is 5.97 Å². The van der Waals surface area contributed by atoms with Gasteiger partial charge in [-0.05, 0) is 67.4 Å². The molecule has 3 aromatic rings. The van der Waals surface area contributed by atoms with E-state index in [-0.39, 0.29) is 11.9 Å². The number of fused-ring (bicyclic) bond motifs is 1. The molecule has 0 aromatic heterocycles. The van der Waals surface area contributed by atoms with Crippen molar-refractivity contribution in [2.24, 2.45) is 0 Å². The van der Waals surface area contributed by atoms with Crippen LogP contribution < -0.4 is 10.1 Å². The quantitative estimate of drug-likeness (QED) is 0.631. The summed E-state index contributed by atoms with van der Waals surface area (Å²) >= 11 is 0. The summed E-state index contributed by atoms with van der Waals surface area (Å²) in [5.74, 6) is -0.00708. The van der Waals surface area contributed by atoms with Crippen molar-refractivity contribution in [2.75, 3.05) is 11.9 Å². The first kappa shape index (κ1) is 19.4. The van der Waals surface area contributed by atoms with Crippen molar-refractivity contribution in [1.82, 2.24) is 0 Å². The van der Waals surface area contributed by atoms with E-state index in [2.05, 4.69) is 5.32 Å². The molecular formula is C23H23NO4. The lowest BCUT2D eigenvalue weighted by molar-refractivity contribution is -0.122. The van der Waals surface area contributed by atoms with Gasteiger partial charge in [0.1, 0.15) is 5.75 Å². The van der Waals surface area contributed by atoms with E-state index in [1.54, 1.807) is 32.0 Å². The monoisotopic (exact) mass is 377 g/mol. The van der Waals surface area contributed by atoms with Gasteiger partial charge in [0.05, 0.1) is 12.2 Å². The number of esters is 1. The molecule has 3 aromatic carbocycles. The van der Waals surface area contributed by atoms with Gasteiger partial charge in [0.25, 0.3) is 5.91 Å². The summed E-state index contributed by atoms with van der Waals surface area (Å²) in [6.45, 7) is 5.61. The molecule has 28 heavy (non-hydrogen) atoms. The number of carbonyl (C=O) groups is 2. The number of amides is 1. The zero-order valence-corrected chi connectivity index (χ0v) is 16.2. The third-order valence-corrected chi connectivity index (χ3v) is 4.40. The molecule has 0 spiro atoms. The molecule has 0 saturated heterocycles. The smallest absolute Gasteiger partial charge is 0.338 e. The molecule has 0 aliphatic heterocycles. The largest absolute Gasteiger partial charge is 0.481 e. The molecule has 3 rings (SSSR count). The van der Waals surface area contributed by atoms with Crippen molar-refractivity contribution in [1.29, 1.82) is 0 Å². The average molecular weight is 377 g/mol. The van der Waals surface area contributed by atoms with Gasteiger partial charge in [-0.1, -0.05) is 30.3 Å². The second kappa shape index (κ2) is 8.57. The molecule has 5 heteroatoms. The van der Waals surface area contributed by atoms with Crippen LogP contribution in [0.1, 0.15) is 29.8 Å². The Kier molecular flexibility index (Phi) is 5.94. The van der Waals surface area contributed by atoms with Gasteiger partial charge in [0.2, 0.25) is 0 Å². The maximum absolute atomic E-state index is 12.5. The molecule has 0 radical (unpaired) electrons. The standard InChI is InChI=1S/C23H23NO4/c1-4-27-23(26)19-10-12-21(15(2)13-19)24-22(25)16(3)28-20-11-9-17-7-5-6-8-18(17)14-20/h5-14,16H,4H2,1-3H3,(H,24,25)/t16-/m1/s1. The minimum Gasteiger partial charge on any atom is -0.481 e. The van der Waals surface area contributed by atoms with Crippen molar-refractivity contribution >= 4 is 28.3 Å². The predicted octanol–water partition coefficient (Wildman–Crippen LogP) is 4.73. The zero-order chi connectivity index (χ0) is 20.1. The Bertz CT molecular complexity index is 1010. The molecule has 0 aliphatic carbocycles. The molecule has 0 fully saturated rings. The van der Waals surface area contributed by atoms with Gasteiger partial charge in [-0.3, -0.25) is 4.79 Å². The van der Waals surface area contributed by atoms with Crippen molar-refractivity contribution in [3.05, 3.63) is 71.8 Å². The lowest BCUT2D eigenvalue weighted by Crippen LogP contribution is -2.30.